The summed E-state index contributed by atoms with van der Waals surface area (Å²) in [7, 11) is 7.15. The highest BCUT2D eigenvalue weighted by Gasteiger charge is 2.38. The van der Waals surface area contributed by atoms with E-state index in [2.05, 4.69) is 114 Å². The van der Waals surface area contributed by atoms with Gasteiger partial charge in [0.05, 0.1) is 134 Å². The van der Waals surface area contributed by atoms with Crippen molar-refractivity contribution in [1.82, 2.24) is 118 Å². The molecule has 0 spiro atoms. The van der Waals surface area contributed by atoms with Gasteiger partial charge in [0.15, 0.2) is 22.6 Å². The number of carbonyl (C=O) groups excluding carboxylic acids is 4. The Labute approximate surface area is 786 Å². The van der Waals surface area contributed by atoms with Crippen LogP contribution in [0.3, 0.4) is 0 Å². The van der Waals surface area contributed by atoms with Crippen LogP contribution < -0.4 is 42.5 Å². The number of halogens is 2. The molecule has 10 atom stereocenters. The molecule has 4 amide bonds. The highest BCUT2D eigenvalue weighted by atomic mass is 19.1. The van der Waals surface area contributed by atoms with Crippen molar-refractivity contribution in [3.63, 3.8) is 0 Å². The molecule has 4 saturated heterocycles. The molecule has 4 aliphatic carbocycles. The first-order chi connectivity index (χ1) is 67.3. The molecule has 16 aromatic rings. The molecule has 20 heterocycles. The average Bonchev–Trinajstić information content (AvgIpc) is 1.61. The van der Waals surface area contributed by atoms with Gasteiger partial charge in [-0.25, -0.2) is 48.7 Å². The molecule has 716 valence electrons. The summed E-state index contributed by atoms with van der Waals surface area (Å²) in [6.07, 6.45) is 31.4. The highest BCUT2D eigenvalue weighted by Crippen LogP contribution is 2.42. The lowest BCUT2D eigenvalue weighted by Gasteiger charge is -2.32. The number of carbonyl (C=O) groups is 4. The van der Waals surface area contributed by atoms with Gasteiger partial charge in [0.25, 0.3) is 23.6 Å². The van der Waals surface area contributed by atoms with E-state index in [0.717, 1.165) is 146 Å². The molecule has 0 bridgehead atoms. The predicted octanol–water partition coefficient (Wildman–Crippen LogP) is 9.85. The molecule has 138 heavy (non-hydrogen) atoms. The van der Waals surface area contributed by atoms with Crippen LogP contribution in [0.1, 0.15) is 168 Å². The summed E-state index contributed by atoms with van der Waals surface area (Å²) in [4.78, 5) is 89.3. The maximum Gasteiger partial charge on any atom is 0.257 e. The SMILES string of the molecule is CNc1cc(-c2cn(C3CCOCC3)c3ncc(F)cc23)nc2c(C(=O)N[C@@H]3CC[C@H]3O)cnn12.CNc1cc(-c2cn(C3CCOCC3)c3ncc(F)cc23)nc2c(C(=O)N[C@H]3CC[C@@H]3O)cnn12.CNc1cc(-c2cn([C@H]3CCCOC3)c3ncccc23)nc2c(C(=O)N[C@@H]3CC[C@@H]3O)cnn12.CNc1cc(-c2cn([C@H]3CCCOC3)c3ncccc23)nc2c(C(=O)N[C@H]3CC[C@H]3O)cnn12. The normalized spacial score (nSPS) is 21.7. The zero-order valence-electron chi connectivity index (χ0n) is 76.4. The summed E-state index contributed by atoms with van der Waals surface area (Å²) in [5.74, 6) is 0.585. The Morgan fingerprint density at radius 2 is 0.623 bits per heavy atom. The zero-order valence-corrected chi connectivity index (χ0v) is 76.4. The second-order valence-corrected chi connectivity index (χ2v) is 36.2. The number of fused-ring (bicyclic) bond motifs is 8. The summed E-state index contributed by atoms with van der Waals surface area (Å²) < 4.78 is 66.0. The van der Waals surface area contributed by atoms with Crippen LogP contribution in [0.4, 0.5) is 32.1 Å². The van der Waals surface area contributed by atoms with E-state index in [1.807, 2.05) is 75.0 Å². The van der Waals surface area contributed by atoms with Gasteiger partial charge in [0, 0.05) is 185 Å². The van der Waals surface area contributed by atoms with Crippen molar-refractivity contribution >= 4 is 114 Å². The van der Waals surface area contributed by atoms with E-state index in [1.165, 1.54) is 49.3 Å². The molecule has 8 aliphatic rings. The van der Waals surface area contributed by atoms with Crippen molar-refractivity contribution in [2.24, 2.45) is 0 Å². The number of rotatable bonds is 20. The number of nitrogens with one attached hydrogen (secondary N) is 8. The molecule has 8 fully saturated rings. The Morgan fingerprint density at radius 3 is 0.891 bits per heavy atom. The molecular formula is C96H106F2N28O12. The number of aliphatic hydroxyl groups excluding tert-OH is 4. The average molecular weight is 1880 g/mol. The molecule has 40 nitrogen and oxygen atoms in total. The molecule has 0 radical (unpaired) electrons. The number of hydrogen-bond donors (Lipinski definition) is 12. The second-order valence-electron chi connectivity index (χ2n) is 36.2. The zero-order chi connectivity index (χ0) is 94.7. The number of hydrogen-bond acceptors (Lipinski definition) is 28. The first-order valence-corrected chi connectivity index (χ1v) is 47.1. The minimum Gasteiger partial charge on any atom is -0.391 e. The van der Waals surface area contributed by atoms with Crippen LogP contribution in [0.5, 0.6) is 0 Å². The third-order valence-electron chi connectivity index (χ3n) is 27.9. The minimum atomic E-state index is -0.532. The van der Waals surface area contributed by atoms with E-state index in [4.69, 9.17) is 38.9 Å². The van der Waals surface area contributed by atoms with Crippen LogP contribution in [0.25, 0.3) is 112 Å². The van der Waals surface area contributed by atoms with Crippen molar-refractivity contribution in [2.45, 2.75) is 175 Å². The smallest absolute Gasteiger partial charge is 0.257 e. The summed E-state index contributed by atoms with van der Waals surface area (Å²) >= 11 is 0. The third kappa shape index (κ3) is 17.2. The van der Waals surface area contributed by atoms with Gasteiger partial charge in [-0.05, 0) is 139 Å². The highest BCUT2D eigenvalue weighted by molar-refractivity contribution is 6.05. The second kappa shape index (κ2) is 38.4. The maximum atomic E-state index is 14.3. The van der Waals surface area contributed by atoms with Crippen LogP contribution in [-0.2, 0) is 18.9 Å². The summed E-state index contributed by atoms with van der Waals surface area (Å²) in [6, 6.07) is 18.2. The lowest BCUT2D eigenvalue weighted by molar-refractivity contribution is 0.0448. The van der Waals surface area contributed by atoms with Gasteiger partial charge in [-0.15, -0.1) is 0 Å². The van der Waals surface area contributed by atoms with Gasteiger partial charge in [-0.3, -0.25) is 19.2 Å². The molecule has 24 rings (SSSR count). The summed E-state index contributed by atoms with van der Waals surface area (Å²) in [5, 5.41) is 84.3. The standard InChI is InChI=1S/2C24H26FN7O3.2C24H27N7O3/c2*1-26-21-9-19(29-23-16(11-28-32(21)23)24(34)30-18-2-3-20(18)33)17-12-31(14-4-6-35-7-5-14)22-15(17)8-13(25)10-27-22;2*1-25-21-10-19(28-23-16(11-27-31(21)23)24(33)29-18-6-7-20(18)32)17-12-30(14-4-3-9-34-13-14)22-15(17)5-2-8-26-22/h2*8-12,14,18,20,26,33H,2-7H2,1H3,(H,30,34);2*2,5,8,10-12,14,18,20,25,32H,3-4,6-7,9,13H2,1H3,(H,29,33)/t2*18-,20-;14-,18+,20-;14-,18-,20+/m1000/s1. The van der Waals surface area contributed by atoms with Crippen LogP contribution in [0.2, 0.25) is 0 Å². The van der Waals surface area contributed by atoms with Crippen molar-refractivity contribution in [3.05, 3.63) is 169 Å². The molecule has 16 aromatic heterocycles. The molecule has 4 aliphatic heterocycles. The first-order valence-electron chi connectivity index (χ1n) is 47.1. The maximum absolute atomic E-state index is 14.3. The van der Waals surface area contributed by atoms with Crippen molar-refractivity contribution in [2.75, 3.05) is 102 Å². The number of nitrogens with zero attached hydrogens (tertiary/aromatic N) is 20. The largest absolute Gasteiger partial charge is 0.391 e. The molecule has 0 aromatic carbocycles. The fourth-order valence-electron chi connectivity index (χ4n) is 19.5. The lowest BCUT2D eigenvalue weighted by Crippen LogP contribution is -2.50. The lowest BCUT2D eigenvalue weighted by atomic mass is 9.89. The number of amides is 4. The number of aliphatic hydroxyl groups is 4. The van der Waals surface area contributed by atoms with Crippen LogP contribution in [0.15, 0.2) is 135 Å². The third-order valence-corrected chi connectivity index (χ3v) is 27.9. The molecule has 0 unspecified atom stereocenters. The minimum absolute atomic E-state index is 0.190. The van der Waals surface area contributed by atoms with Gasteiger partial charge < -0.3 is 100 Å². The summed E-state index contributed by atoms with van der Waals surface area (Å²) in [5.41, 5.74) is 12.1. The van der Waals surface area contributed by atoms with Crippen molar-refractivity contribution < 1.29 is 67.3 Å². The Morgan fingerprint density at radius 1 is 0.333 bits per heavy atom. The van der Waals surface area contributed by atoms with Gasteiger partial charge >= 0.3 is 0 Å². The van der Waals surface area contributed by atoms with E-state index < -0.39 is 36.1 Å². The quantitative estimate of drug-likeness (QED) is 0.0337. The van der Waals surface area contributed by atoms with E-state index in [-0.39, 0.29) is 72.0 Å². The molecule has 12 N–H and O–H groups in total. The fourth-order valence-corrected chi connectivity index (χ4v) is 19.5. The van der Waals surface area contributed by atoms with Crippen LogP contribution in [0, 0.1) is 11.6 Å². The Hall–Kier alpha value is -14.1. The van der Waals surface area contributed by atoms with Gasteiger partial charge in [0.2, 0.25) is 0 Å². The Bertz CT molecular complexity index is 6880. The molecule has 4 saturated carbocycles. The number of ether oxygens (including phenoxy) is 4. The number of pyridine rings is 4. The van der Waals surface area contributed by atoms with E-state index in [9.17, 15) is 48.4 Å². The first kappa shape index (κ1) is 90.3. The molecular weight excluding hydrogens is 1780 g/mol. The van der Waals surface area contributed by atoms with E-state index in [0.29, 0.717) is 167 Å². The van der Waals surface area contributed by atoms with E-state index >= 15 is 0 Å². The summed E-state index contributed by atoms with van der Waals surface area (Å²) in [6.45, 7) is 5.57. The fraction of sp³-hybridized carbons (Fsp3) is 0.417. The van der Waals surface area contributed by atoms with Gasteiger partial charge in [-0.1, -0.05) is 0 Å². The predicted molar refractivity (Wildman–Crippen MR) is 507 cm³/mol. The number of anilines is 4. The Kier molecular flexibility index (Phi) is 25.2. The van der Waals surface area contributed by atoms with E-state index in [1.54, 1.807) is 44.6 Å². The van der Waals surface area contributed by atoms with Gasteiger partial charge in [0.1, 0.15) is 79.7 Å². The van der Waals surface area contributed by atoms with Crippen LogP contribution in [-0.4, -0.2) is 270 Å². The monoisotopic (exact) mass is 1880 g/mol. The van der Waals surface area contributed by atoms with Crippen molar-refractivity contribution in [1.29, 1.82) is 0 Å². The molecule has 42 heteroatoms. The Balaban J connectivity index is 0.000000110. The topological polar surface area (TPSA) is 474 Å². The van der Waals surface area contributed by atoms with Crippen LogP contribution >= 0.6 is 0 Å². The number of aromatic nitrogens is 20. The van der Waals surface area contributed by atoms with Gasteiger partial charge in [-0.2, -0.15) is 38.5 Å². The van der Waals surface area contributed by atoms with Crippen molar-refractivity contribution in [3.8, 4) is 45.0 Å².